The molecule has 1 saturated heterocycles. The Balaban J connectivity index is 1.55. The van der Waals surface area contributed by atoms with E-state index < -0.39 is 12.2 Å². The second-order valence-electron chi connectivity index (χ2n) is 10.1. The number of rotatable bonds is 15. The van der Waals surface area contributed by atoms with Gasteiger partial charge in [0.25, 0.3) is 0 Å². The number of carbonyl (C=O) groups is 2. The lowest BCUT2D eigenvalue weighted by Gasteiger charge is -2.22. The second kappa shape index (κ2) is 17.6. The van der Waals surface area contributed by atoms with Crippen LogP contribution in [0.2, 0.25) is 0 Å². The van der Waals surface area contributed by atoms with Gasteiger partial charge >= 0.3 is 0 Å². The van der Waals surface area contributed by atoms with Gasteiger partial charge < -0.3 is 35.2 Å². The fraction of sp³-hybridized carbons (Fsp3) is 0.500. The predicted octanol–water partition coefficient (Wildman–Crippen LogP) is 2.38. The molecule has 1 aliphatic rings. The van der Waals surface area contributed by atoms with E-state index in [-0.39, 0.29) is 24.8 Å². The fourth-order valence-corrected chi connectivity index (χ4v) is 4.22. The quantitative estimate of drug-likeness (QED) is 0.160. The third-order valence-electron chi connectivity index (χ3n) is 6.37. The maximum atomic E-state index is 14.1. The highest BCUT2D eigenvalue weighted by Crippen LogP contribution is 2.22. The van der Waals surface area contributed by atoms with E-state index in [1.54, 1.807) is 44.8 Å². The summed E-state index contributed by atoms with van der Waals surface area (Å²) in [4.78, 5) is 41.6. The number of amides is 2. The molecule has 2 aromatic heterocycles. The predicted molar refractivity (Wildman–Crippen MR) is 163 cm³/mol. The summed E-state index contributed by atoms with van der Waals surface area (Å²) in [5, 5.41) is 9.26. The molecule has 0 saturated carbocycles. The van der Waals surface area contributed by atoms with Gasteiger partial charge in [-0.1, -0.05) is 17.9 Å². The maximum absolute atomic E-state index is 14.1. The Morgan fingerprint density at radius 3 is 2.84 bits per heavy atom. The summed E-state index contributed by atoms with van der Waals surface area (Å²) in [5.41, 5.74) is 1.36. The molecule has 0 aromatic carbocycles. The van der Waals surface area contributed by atoms with Crippen molar-refractivity contribution in [2.45, 2.75) is 37.9 Å². The molecular formula is C30H41FN8O4. The molecule has 2 atom stereocenters. The smallest absolute Gasteiger partial charge is 0.247 e. The summed E-state index contributed by atoms with van der Waals surface area (Å²) in [6.45, 7) is 2.11. The lowest BCUT2D eigenvalue weighted by molar-refractivity contribution is -0.135. The Labute approximate surface area is 252 Å². The standard InChI is InChI=1S/C30H41FN8O4/c1-38(2)16-8-11-27(40)39-21-23(31)18-25(39)29(41)34-13-7-5-6-10-22-20-35-30(37-28(22)33-14-9-17-42-3)36-24-12-15-32-26(19-24)43-4/h8,11-12,15,19-20,23,25H,5,7,9,13-14,16-18,21H2,1-4H3,(H,34,41)(H2,32,33,35,36,37)/t23-,25-/m0/s1. The van der Waals surface area contributed by atoms with Crippen molar-refractivity contribution in [2.75, 3.05) is 71.7 Å². The van der Waals surface area contributed by atoms with Crippen LogP contribution in [0.3, 0.4) is 0 Å². The van der Waals surface area contributed by atoms with Gasteiger partial charge in [-0.15, -0.1) is 0 Å². The average molecular weight is 597 g/mol. The van der Waals surface area contributed by atoms with Crippen LogP contribution in [-0.4, -0.2) is 110 Å². The number of alkyl halides is 1. The second-order valence-corrected chi connectivity index (χ2v) is 10.1. The minimum absolute atomic E-state index is 0.00137. The summed E-state index contributed by atoms with van der Waals surface area (Å²) < 4.78 is 24.4. The van der Waals surface area contributed by atoms with E-state index in [4.69, 9.17) is 9.47 Å². The summed E-state index contributed by atoms with van der Waals surface area (Å²) in [7, 11) is 6.97. The first-order valence-electron chi connectivity index (χ1n) is 14.2. The van der Waals surface area contributed by atoms with Crippen LogP contribution in [0.4, 0.5) is 21.8 Å². The molecule has 2 amide bonds. The molecule has 2 aromatic rings. The Kier molecular flexibility index (Phi) is 13.6. The van der Waals surface area contributed by atoms with Crippen LogP contribution in [-0.2, 0) is 14.3 Å². The number of carbonyl (C=O) groups excluding carboxylic acids is 2. The van der Waals surface area contributed by atoms with Crippen LogP contribution < -0.4 is 20.7 Å². The number of pyridine rings is 1. The van der Waals surface area contributed by atoms with Gasteiger partial charge in [-0.3, -0.25) is 9.59 Å². The Morgan fingerprint density at radius 1 is 1.23 bits per heavy atom. The third-order valence-corrected chi connectivity index (χ3v) is 6.37. The van der Waals surface area contributed by atoms with Gasteiger partial charge in [0.2, 0.25) is 23.6 Å². The molecular weight excluding hydrogens is 555 g/mol. The first kappa shape index (κ1) is 33.2. The van der Waals surface area contributed by atoms with Crippen molar-refractivity contribution in [3.8, 4) is 17.7 Å². The van der Waals surface area contributed by atoms with Crippen molar-refractivity contribution >= 4 is 29.3 Å². The van der Waals surface area contributed by atoms with Gasteiger partial charge in [-0.2, -0.15) is 4.98 Å². The number of anilines is 3. The van der Waals surface area contributed by atoms with Crippen LogP contribution in [0, 0.1) is 11.8 Å². The zero-order chi connectivity index (χ0) is 31.0. The van der Waals surface area contributed by atoms with Gasteiger partial charge in [0.1, 0.15) is 18.0 Å². The van der Waals surface area contributed by atoms with Crippen molar-refractivity contribution < 1.29 is 23.5 Å². The largest absolute Gasteiger partial charge is 0.481 e. The average Bonchev–Trinajstić information content (AvgIpc) is 3.39. The molecule has 43 heavy (non-hydrogen) atoms. The highest BCUT2D eigenvalue weighted by molar-refractivity contribution is 5.93. The summed E-state index contributed by atoms with van der Waals surface area (Å²) >= 11 is 0. The zero-order valence-corrected chi connectivity index (χ0v) is 25.2. The van der Waals surface area contributed by atoms with Crippen molar-refractivity contribution in [1.82, 2.24) is 30.1 Å². The number of hydrogen-bond acceptors (Lipinski definition) is 10. The Bertz CT molecular complexity index is 1300. The number of aromatic nitrogens is 3. The zero-order valence-electron chi connectivity index (χ0n) is 25.2. The van der Waals surface area contributed by atoms with E-state index >= 15 is 0 Å². The summed E-state index contributed by atoms with van der Waals surface area (Å²) in [5.74, 6) is 6.95. The van der Waals surface area contributed by atoms with Crippen LogP contribution in [0.5, 0.6) is 5.88 Å². The number of nitrogens with one attached hydrogen (secondary N) is 3. The topological polar surface area (TPSA) is 134 Å². The van der Waals surface area contributed by atoms with Crippen molar-refractivity contribution in [3.05, 3.63) is 42.2 Å². The molecule has 0 radical (unpaired) electrons. The monoisotopic (exact) mass is 596 g/mol. The minimum Gasteiger partial charge on any atom is -0.481 e. The molecule has 0 spiro atoms. The lowest BCUT2D eigenvalue weighted by atomic mass is 10.2. The number of likely N-dealkylation sites (tertiary alicyclic amines) is 1. The van der Waals surface area contributed by atoms with Gasteiger partial charge in [0.05, 0.1) is 25.4 Å². The number of halogens is 1. The van der Waals surface area contributed by atoms with Gasteiger partial charge in [-0.05, 0) is 33.0 Å². The highest BCUT2D eigenvalue weighted by Gasteiger charge is 2.38. The normalized spacial score (nSPS) is 16.2. The van der Waals surface area contributed by atoms with Crippen molar-refractivity contribution in [3.63, 3.8) is 0 Å². The third kappa shape index (κ3) is 11.1. The molecule has 1 aliphatic heterocycles. The molecule has 1 fully saturated rings. The first-order chi connectivity index (χ1) is 20.8. The molecule has 3 N–H and O–H groups in total. The number of methoxy groups -OCH3 is 2. The Hall–Kier alpha value is -4.28. The van der Waals surface area contributed by atoms with Crippen molar-refractivity contribution in [2.24, 2.45) is 0 Å². The minimum atomic E-state index is -1.22. The van der Waals surface area contributed by atoms with Crippen LogP contribution in [0.25, 0.3) is 0 Å². The Morgan fingerprint density at radius 2 is 2.07 bits per heavy atom. The van der Waals surface area contributed by atoms with E-state index in [1.165, 1.54) is 11.0 Å². The first-order valence-corrected chi connectivity index (χ1v) is 14.2. The van der Waals surface area contributed by atoms with E-state index in [1.807, 2.05) is 19.0 Å². The van der Waals surface area contributed by atoms with Crippen molar-refractivity contribution in [1.29, 1.82) is 0 Å². The molecule has 232 valence electrons. The molecule has 3 rings (SSSR count). The summed E-state index contributed by atoms with van der Waals surface area (Å²) in [6, 6.07) is 2.70. The highest BCUT2D eigenvalue weighted by atomic mass is 19.1. The number of ether oxygens (including phenoxy) is 2. The van der Waals surface area contributed by atoms with Crippen LogP contribution in [0.1, 0.15) is 31.2 Å². The van der Waals surface area contributed by atoms with E-state index in [2.05, 4.69) is 42.7 Å². The molecule has 13 heteroatoms. The molecule has 0 bridgehead atoms. The molecule has 0 aliphatic carbocycles. The van der Waals surface area contributed by atoms with E-state index in [0.717, 1.165) is 12.1 Å². The fourth-order valence-electron chi connectivity index (χ4n) is 4.22. The number of likely N-dealkylation sites (N-methyl/N-ethyl adjacent to an activating group) is 1. The van der Waals surface area contributed by atoms with E-state index in [9.17, 15) is 14.0 Å². The number of nitrogens with zero attached hydrogens (tertiary/aromatic N) is 5. The molecule has 3 heterocycles. The SMILES string of the molecule is COCCCNc1nc(Nc2ccnc(OC)c2)ncc1C#CCCCNC(=O)[C@@H]1C[C@H](F)CN1C(=O)C=CCN(C)C. The van der Waals surface area contributed by atoms with Gasteiger partial charge in [0, 0.05) is 70.2 Å². The van der Waals surface area contributed by atoms with Crippen LogP contribution >= 0.6 is 0 Å². The van der Waals surface area contributed by atoms with E-state index in [0.29, 0.717) is 62.3 Å². The number of unbranched alkanes of at least 4 members (excludes halogenated alkanes) is 1. The summed E-state index contributed by atoms with van der Waals surface area (Å²) in [6.07, 6.45) is 7.03. The van der Waals surface area contributed by atoms with Gasteiger partial charge in [-0.25, -0.2) is 14.4 Å². The molecule has 12 nitrogen and oxygen atoms in total. The van der Waals surface area contributed by atoms with Crippen LogP contribution in [0.15, 0.2) is 36.7 Å². The van der Waals surface area contributed by atoms with Gasteiger partial charge in [0.15, 0.2) is 0 Å². The number of hydrogen-bond donors (Lipinski definition) is 3. The maximum Gasteiger partial charge on any atom is 0.247 e. The lowest BCUT2D eigenvalue weighted by Crippen LogP contribution is -2.45. The molecule has 0 unspecified atom stereocenters.